The number of hydrogen-bond donors (Lipinski definition) is 3. The zero-order valence-corrected chi connectivity index (χ0v) is 20.4. The Hall–Kier alpha value is -3.49. The van der Waals surface area contributed by atoms with Crippen LogP contribution in [0.3, 0.4) is 0 Å². The van der Waals surface area contributed by atoms with E-state index in [-0.39, 0.29) is 5.91 Å². The minimum absolute atomic E-state index is 0.162. The van der Waals surface area contributed by atoms with E-state index in [4.69, 9.17) is 9.47 Å². The van der Waals surface area contributed by atoms with Crippen molar-refractivity contribution in [2.24, 2.45) is 0 Å². The van der Waals surface area contributed by atoms with E-state index < -0.39 is 0 Å². The van der Waals surface area contributed by atoms with Crippen LogP contribution in [0.4, 0.5) is 17.2 Å². The molecule has 8 heteroatoms. The molecule has 1 amide bonds. The van der Waals surface area contributed by atoms with Crippen molar-refractivity contribution >= 4 is 34.0 Å². The lowest BCUT2D eigenvalue weighted by Crippen LogP contribution is -2.24. The molecule has 0 spiro atoms. The highest BCUT2D eigenvalue weighted by atomic mass is 16.5. The smallest absolute Gasteiger partial charge is 0.248 e. The van der Waals surface area contributed by atoms with Crippen LogP contribution >= 0.6 is 0 Å². The van der Waals surface area contributed by atoms with Crippen molar-refractivity contribution in [2.45, 2.75) is 32.6 Å². The molecule has 3 aromatic rings. The molecule has 4 rings (SSSR count). The van der Waals surface area contributed by atoms with Crippen molar-refractivity contribution in [3.05, 3.63) is 59.9 Å². The fraction of sp³-hybridized carbons (Fsp3) is 0.370. The Bertz CT molecular complexity index is 1190. The Morgan fingerprint density at radius 2 is 2.00 bits per heavy atom. The van der Waals surface area contributed by atoms with E-state index in [1.54, 1.807) is 13.2 Å². The number of fused-ring (bicyclic) bond motifs is 1. The van der Waals surface area contributed by atoms with Crippen LogP contribution in [0, 0.1) is 0 Å². The van der Waals surface area contributed by atoms with Crippen LogP contribution in [-0.2, 0) is 16.0 Å². The molecule has 1 aliphatic rings. The number of nitrogens with zero attached hydrogens (tertiary/aromatic N) is 2. The van der Waals surface area contributed by atoms with Crippen LogP contribution in [0.1, 0.15) is 31.7 Å². The Morgan fingerprint density at radius 3 is 2.80 bits per heavy atom. The van der Waals surface area contributed by atoms with Crippen molar-refractivity contribution in [3.63, 3.8) is 0 Å². The van der Waals surface area contributed by atoms with Crippen molar-refractivity contribution in [2.75, 3.05) is 44.0 Å². The molecule has 2 heterocycles. The molecule has 2 aromatic carbocycles. The standard InChI is InChI=1S/C27H33N5O3/c1-3-19-6-4-7-21(14-19)31-27-22-16-24(32-26(33)15-20-8-10-28-11-9-20)25(35-13-5-12-34-2)17-23(22)29-18-30-27/h4,6-7,14-18,28H,3,5,8-13H2,1-2H3,(H,32,33)(H,29,30,31). The highest BCUT2D eigenvalue weighted by Gasteiger charge is 2.14. The number of carbonyl (C=O) groups is 1. The lowest BCUT2D eigenvalue weighted by atomic mass is 10.1. The first kappa shape index (κ1) is 24.6. The molecule has 0 bridgehead atoms. The van der Waals surface area contributed by atoms with E-state index in [1.165, 1.54) is 11.9 Å². The molecule has 8 nitrogen and oxygen atoms in total. The van der Waals surface area contributed by atoms with Gasteiger partial charge in [0.15, 0.2) is 0 Å². The number of piperidine rings is 1. The Morgan fingerprint density at radius 1 is 1.14 bits per heavy atom. The number of carbonyl (C=O) groups excluding carboxylic acids is 1. The van der Waals surface area contributed by atoms with Crippen LogP contribution in [0.5, 0.6) is 5.75 Å². The maximum atomic E-state index is 12.9. The maximum absolute atomic E-state index is 12.9. The van der Waals surface area contributed by atoms with Crippen LogP contribution in [0.25, 0.3) is 10.9 Å². The summed E-state index contributed by atoms with van der Waals surface area (Å²) >= 11 is 0. The molecule has 0 aliphatic carbocycles. The summed E-state index contributed by atoms with van der Waals surface area (Å²) in [6, 6.07) is 12.0. The number of ether oxygens (including phenoxy) is 2. The Kier molecular flexibility index (Phi) is 8.64. The number of aromatic nitrogens is 2. The average molecular weight is 476 g/mol. The van der Waals surface area contributed by atoms with Crippen LogP contribution < -0.4 is 20.7 Å². The predicted octanol–water partition coefficient (Wildman–Crippen LogP) is 4.60. The zero-order chi connectivity index (χ0) is 24.5. The molecule has 3 N–H and O–H groups in total. The minimum Gasteiger partial charge on any atom is -0.491 e. The molecular weight excluding hydrogens is 442 g/mol. The summed E-state index contributed by atoms with van der Waals surface area (Å²) < 4.78 is 11.1. The maximum Gasteiger partial charge on any atom is 0.248 e. The van der Waals surface area contributed by atoms with Crippen molar-refractivity contribution in [1.29, 1.82) is 0 Å². The summed E-state index contributed by atoms with van der Waals surface area (Å²) in [5, 5.41) is 10.5. The molecule has 35 heavy (non-hydrogen) atoms. The molecule has 0 saturated carbocycles. The predicted molar refractivity (Wildman–Crippen MR) is 139 cm³/mol. The van der Waals surface area contributed by atoms with E-state index in [9.17, 15) is 4.79 Å². The molecule has 1 aliphatic heterocycles. The number of hydrogen-bond acceptors (Lipinski definition) is 7. The van der Waals surface area contributed by atoms with Gasteiger partial charge in [0.1, 0.15) is 17.9 Å². The number of anilines is 3. The van der Waals surface area contributed by atoms with Crippen molar-refractivity contribution in [3.8, 4) is 5.75 Å². The lowest BCUT2D eigenvalue weighted by molar-refractivity contribution is -0.112. The lowest BCUT2D eigenvalue weighted by Gasteiger charge is -2.17. The second kappa shape index (κ2) is 12.3. The first-order chi connectivity index (χ1) is 17.2. The largest absolute Gasteiger partial charge is 0.491 e. The van der Waals surface area contributed by atoms with E-state index in [2.05, 4.69) is 45.0 Å². The summed E-state index contributed by atoms with van der Waals surface area (Å²) in [6.45, 7) is 4.99. The zero-order valence-electron chi connectivity index (χ0n) is 20.4. The van der Waals surface area contributed by atoms with Gasteiger partial charge >= 0.3 is 0 Å². The van der Waals surface area contributed by atoms with E-state index in [0.717, 1.165) is 60.9 Å². The Labute approximate surface area is 206 Å². The van der Waals surface area contributed by atoms with Gasteiger partial charge < -0.3 is 25.4 Å². The van der Waals surface area contributed by atoms with E-state index in [0.29, 0.717) is 30.5 Å². The second-order valence-corrected chi connectivity index (χ2v) is 8.50. The summed E-state index contributed by atoms with van der Waals surface area (Å²) in [4.78, 5) is 21.8. The minimum atomic E-state index is -0.162. The van der Waals surface area contributed by atoms with Gasteiger partial charge in [0.2, 0.25) is 5.91 Å². The quantitative estimate of drug-likeness (QED) is 0.291. The molecule has 1 aromatic heterocycles. The van der Waals surface area contributed by atoms with E-state index >= 15 is 0 Å². The first-order valence-electron chi connectivity index (χ1n) is 12.1. The third kappa shape index (κ3) is 6.77. The van der Waals surface area contributed by atoms with Crippen LogP contribution in [-0.4, -0.2) is 49.3 Å². The third-order valence-corrected chi connectivity index (χ3v) is 5.92. The average Bonchev–Trinajstić information content (AvgIpc) is 2.88. The van der Waals surface area contributed by atoms with Gasteiger partial charge in [0, 0.05) is 43.4 Å². The van der Waals surface area contributed by atoms with Gasteiger partial charge in [-0.3, -0.25) is 4.79 Å². The fourth-order valence-corrected chi connectivity index (χ4v) is 4.04. The highest BCUT2D eigenvalue weighted by Crippen LogP contribution is 2.33. The number of benzene rings is 2. The molecule has 0 atom stereocenters. The Balaban J connectivity index is 1.65. The number of aryl methyl sites for hydroxylation is 1. The van der Waals surface area contributed by atoms with Gasteiger partial charge in [-0.25, -0.2) is 9.97 Å². The van der Waals surface area contributed by atoms with Gasteiger partial charge in [-0.05, 0) is 56.1 Å². The van der Waals surface area contributed by atoms with Gasteiger partial charge in [0.25, 0.3) is 0 Å². The number of rotatable bonds is 10. The fourth-order valence-electron chi connectivity index (χ4n) is 4.04. The summed E-state index contributed by atoms with van der Waals surface area (Å²) in [6.07, 6.45) is 6.68. The normalized spacial score (nSPS) is 13.5. The molecular formula is C27H33N5O3. The number of methoxy groups -OCH3 is 1. The van der Waals surface area contributed by atoms with E-state index in [1.807, 2.05) is 24.3 Å². The van der Waals surface area contributed by atoms with Crippen molar-refractivity contribution in [1.82, 2.24) is 15.3 Å². The molecule has 184 valence electrons. The number of amides is 1. The molecule has 1 fully saturated rings. The van der Waals surface area contributed by atoms with Gasteiger partial charge in [-0.2, -0.15) is 0 Å². The summed E-state index contributed by atoms with van der Waals surface area (Å²) in [5.41, 5.74) is 4.65. The number of nitrogens with one attached hydrogen (secondary N) is 3. The van der Waals surface area contributed by atoms with Crippen LogP contribution in [0.2, 0.25) is 0 Å². The van der Waals surface area contributed by atoms with Gasteiger partial charge in [-0.15, -0.1) is 0 Å². The first-order valence-corrected chi connectivity index (χ1v) is 12.1. The molecule has 0 radical (unpaired) electrons. The highest BCUT2D eigenvalue weighted by molar-refractivity contribution is 6.04. The summed E-state index contributed by atoms with van der Waals surface area (Å²) in [7, 11) is 1.66. The second-order valence-electron chi connectivity index (χ2n) is 8.50. The summed E-state index contributed by atoms with van der Waals surface area (Å²) in [5.74, 6) is 1.08. The molecule has 1 saturated heterocycles. The van der Waals surface area contributed by atoms with Gasteiger partial charge in [-0.1, -0.05) is 24.6 Å². The van der Waals surface area contributed by atoms with Gasteiger partial charge in [0.05, 0.1) is 17.8 Å². The SMILES string of the molecule is CCc1cccc(Nc2ncnc3cc(OCCCOC)c(NC(=O)C=C4CCNCC4)cc23)c1. The third-order valence-electron chi connectivity index (χ3n) is 5.92. The topological polar surface area (TPSA) is 97.4 Å². The monoisotopic (exact) mass is 475 g/mol. The van der Waals surface area contributed by atoms with Crippen molar-refractivity contribution < 1.29 is 14.3 Å². The van der Waals surface area contributed by atoms with Crippen LogP contribution in [0.15, 0.2) is 54.4 Å². The molecule has 0 unspecified atom stereocenters.